The second kappa shape index (κ2) is 7.47. The average molecular weight is 392 g/mol. The number of thioether (sulfide) groups is 1. The molecule has 0 saturated carbocycles. The number of halogens is 1. The fraction of sp³-hybridized carbons (Fsp3) is 0.111. The van der Waals surface area contributed by atoms with Crippen molar-refractivity contribution in [3.05, 3.63) is 58.0 Å². The number of nitrogens with zero attached hydrogens (tertiary/aromatic N) is 1. The number of rotatable bonds is 4. The zero-order valence-corrected chi connectivity index (χ0v) is 15.9. The van der Waals surface area contributed by atoms with E-state index in [1.54, 1.807) is 50.6 Å². The van der Waals surface area contributed by atoms with E-state index in [-0.39, 0.29) is 5.91 Å². The molecule has 128 valence electrons. The number of hydrogen-bond acceptors (Lipinski definition) is 5. The van der Waals surface area contributed by atoms with Crippen LogP contribution in [0.15, 0.2) is 47.4 Å². The van der Waals surface area contributed by atoms with Crippen molar-refractivity contribution in [1.29, 1.82) is 0 Å². The molecule has 2 aromatic rings. The predicted octanol–water partition coefficient (Wildman–Crippen LogP) is 4.76. The van der Waals surface area contributed by atoms with E-state index < -0.39 is 0 Å². The van der Waals surface area contributed by atoms with Crippen LogP contribution in [0.25, 0.3) is 6.08 Å². The quantitative estimate of drug-likeness (QED) is 0.554. The predicted molar refractivity (Wildman–Crippen MR) is 107 cm³/mol. The summed E-state index contributed by atoms with van der Waals surface area (Å²) < 4.78 is 11.0. The number of carbonyl (C=O) groups excluding carboxylic acids is 1. The highest BCUT2D eigenvalue weighted by atomic mass is 35.5. The maximum absolute atomic E-state index is 12.8. The third kappa shape index (κ3) is 3.66. The molecular weight excluding hydrogens is 378 g/mol. The Morgan fingerprint density at radius 1 is 1.12 bits per heavy atom. The molecule has 4 nitrogen and oxygen atoms in total. The van der Waals surface area contributed by atoms with Gasteiger partial charge in [0.2, 0.25) is 0 Å². The van der Waals surface area contributed by atoms with Gasteiger partial charge >= 0.3 is 0 Å². The highest BCUT2D eigenvalue weighted by Gasteiger charge is 2.33. The fourth-order valence-corrected chi connectivity index (χ4v) is 3.78. The monoisotopic (exact) mass is 391 g/mol. The summed E-state index contributed by atoms with van der Waals surface area (Å²) in [4.78, 5) is 14.8. The molecule has 0 spiro atoms. The van der Waals surface area contributed by atoms with Gasteiger partial charge in [0.1, 0.15) is 11.5 Å². The average Bonchev–Trinajstić information content (AvgIpc) is 2.90. The summed E-state index contributed by atoms with van der Waals surface area (Å²) in [5.41, 5.74) is 1.47. The number of benzene rings is 2. The van der Waals surface area contributed by atoms with Gasteiger partial charge in [0.25, 0.3) is 5.91 Å². The molecular formula is C18H14ClNO3S2. The van der Waals surface area contributed by atoms with Crippen molar-refractivity contribution >= 4 is 57.6 Å². The van der Waals surface area contributed by atoms with Crippen molar-refractivity contribution in [3.8, 4) is 11.5 Å². The molecule has 1 aliphatic rings. The van der Waals surface area contributed by atoms with Gasteiger partial charge in [-0.3, -0.25) is 9.69 Å². The van der Waals surface area contributed by atoms with Crippen LogP contribution in [0.3, 0.4) is 0 Å². The largest absolute Gasteiger partial charge is 0.497 e. The Balaban J connectivity index is 1.94. The number of hydrogen-bond donors (Lipinski definition) is 0. The second-order valence-electron chi connectivity index (χ2n) is 5.10. The summed E-state index contributed by atoms with van der Waals surface area (Å²) in [6, 6.07) is 12.4. The highest BCUT2D eigenvalue weighted by Crippen LogP contribution is 2.37. The molecule has 0 N–H and O–H groups in total. The maximum atomic E-state index is 12.8. The molecule has 0 unspecified atom stereocenters. The molecule has 0 aliphatic carbocycles. The van der Waals surface area contributed by atoms with Gasteiger partial charge in [-0.2, -0.15) is 0 Å². The van der Waals surface area contributed by atoms with E-state index in [2.05, 4.69) is 0 Å². The molecule has 0 atom stereocenters. The lowest BCUT2D eigenvalue weighted by Gasteiger charge is -2.14. The Labute approximate surface area is 160 Å². The first-order valence-electron chi connectivity index (χ1n) is 7.29. The van der Waals surface area contributed by atoms with Crippen LogP contribution in [0.5, 0.6) is 11.5 Å². The van der Waals surface area contributed by atoms with Gasteiger partial charge in [-0.25, -0.2) is 0 Å². The minimum atomic E-state index is -0.171. The molecule has 1 saturated heterocycles. The number of anilines is 1. The number of methoxy groups -OCH3 is 2. The first-order chi connectivity index (χ1) is 12.0. The van der Waals surface area contributed by atoms with E-state index >= 15 is 0 Å². The standard InChI is InChI=1S/C18H14ClNO3S2/c1-22-14-8-3-11(15(10-14)23-2)9-16-17(21)20(18(24)25-16)13-6-4-12(19)5-7-13/h3-10H,1-2H3. The van der Waals surface area contributed by atoms with Gasteiger partial charge in [-0.05, 0) is 42.5 Å². The normalized spacial score (nSPS) is 15.8. The van der Waals surface area contributed by atoms with Crippen LogP contribution in [-0.4, -0.2) is 24.4 Å². The van der Waals surface area contributed by atoms with E-state index in [9.17, 15) is 4.79 Å². The van der Waals surface area contributed by atoms with Crippen LogP contribution in [0.1, 0.15) is 5.56 Å². The molecule has 7 heteroatoms. The van der Waals surface area contributed by atoms with Gasteiger partial charge in [0, 0.05) is 16.7 Å². The summed E-state index contributed by atoms with van der Waals surface area (Å²) >= 11 is 12.5. The number of carbonyl (C=O) groups is 1. The third-order valence-corrected chi connectivity index (χ3v) is 5.16. The minimum absolute atomic E-state index is 0.171. The van der Waals surface area contributed by atoms with Crippen molar-refractivity contribution in [2.75, 3.05) is 19.1 Å². The molecule has 25 heavy (non-hydrogen) atoms. The first kappa shape index (κ1) is 17.8. The molecule has 1 heterocycles. The molecule has 2 aromatic carbocycles. The van der Waals surface area contributed by atoms with Gasteiger partial charge in [0.05, 0.1) is 24.8 Å². The van der Waals surface area contributed by atoms with Crippen LogP contribution in [0.4, 0.5) is 5.69 Å². The summed E-state index contributed by atoms with van der Waals surface area (Å²) in [5, 5.41) is 0.604. The van der Waals surface area contributed by atoms with Crippen molar-refractivity contribution < 1.29 is 14.3 Å². The summed E-state index contributed by atoms with van der Waals surface area (Å²) in [6.07, 6.45) is 1.77. The second-order valence-corrected chi connectivity index (χ2v) is 7.21. The smallest absolute Gasteiger partial charge is 0.270 e. The van der Waals surface area contributed by atoms with E-state index in [1.165, 1.54) is 16.7 Å². The lowest BCUT2D eigenvalue weighted by Crippen LogP contribution is -2.27. The van der Waals surface area contributed by atoms with Gasteiger partial charge in [0.15, 0.2) is 4.32 Å². The Bertz CT molecular complexity index is 865. The van der Waals surface area contributed by atoms with Crippen molar-refractivity contribution in [2.24, 2.45) is 0 Å². The summed E-state index contributed by atoms with van der Waals surface area (Å²) in [7, 11) is 3.16. The fourth-order valence-electron chi connectivity index (χ4n) is 2.36. The molecule has 1 aliphatic heterocycles. The van der Waals surface area contributed by atoms with E-state index in [4.69, 9.17) is 33.3 Å². The molecule has 0 radical (unpaired) electrons. The van der Waals surface area contributed by atoms with Crippen molar-refractivity contribution in [3.63, 3.8) is 0 Å². The highest BCUT2D eigenvalue weighted by molar-refractivity contribution is 8.27. The van der Waals surface area contributed by atoms with Crippen LogP contribution in [-0.2, 0) is 4.79 Å². The Kier molecular flexibility index (Phi) is 5.32. The van der Waals surface area contributed by atoms with Crippen LogP contribution < -0.4 is 14.4 Å². The third-order valence-electron chi connectivity index (χ3n) is 3.61. The van der Waals surface area contributed by atoms with Gasteiger partial charge in [-0.1, -0.05) is 35.6 Å². The van der Waals surface area contributed by atoms with E-state index in [0.29, 0.717) is 31.4 Å². The minimum Gasteiger partial charge on any atom is -0.497 e. The Hall–Kier alpha value is -2.02. The van der Waals surface area contributed by atoms with Crippen LogP contribution >= 0.6 is 35.6 Å². The maximum Gasteiger partial charge on any atom is 0.270 e. The van der Waals surface area contributed by atoms with Crippen molar-refractivity contribution in [1.82, 2.24) is 0 Å². The Morgan fingerprint density at radius 2 is 1.84 bits per heavy atom. The van der Waals surface area contributed by atoms with Crippen molar-refractivity contribution in [2.45, 2.75) is 0 Å². The number of ether oxygens (including phenoxy) is 2. The molecule has 0 bridgehead atoms. The first-order valence-corrected chi connectivity index (χ1v) is 8.89. The van der Waals surface area contributed by atoms with Crippen LogP contribution in [0.2, 0.25) is 5.02 Å². The summed E-state index contributed by atoms with van der Waals surface area (Å²) in [6.45, 7) is 0. The molecule has 0 aromatic heterocycles. The summed E-state index contributed by atoms with van der Waals surface area (Å²) in [5.74, 6) is 1.13. The molecule has 3 rings (SSSR count). The molecule has 1 amide bonds. The number of amides is 1. The number of thiocarbonyl (C=S) groups is 1. The van der Waals surface area contributed by atoms with Gasteiger partial charge in [-0.15, -0.1) is 0 Å². The van der Waals surface area contributed by atoms with Gasteiger partial charge < -0.3 is 9.47 Å². The molecule has 1 fully saturated rings. The lowest BCUT2D eigenvalue weighted by atomic mass is 10.1. The van der Waals surface area contributed by atoms with Crippen LogP contribution in [0, 0.1) is 0 Å². The lowest BCUT2D eigenvalue weighted by molar-refractivity contribution is -0.113. The zero-order chi connectivity index (χ0) is 18.0. The van der Waals surface area contributed by atoms with E-state index in [0.717, 1.165) is 5.56 Å². The SMILES string of the molecule is COc1ccc(C=C2SC(=S)N(c3ccc(Cl)cc3)C2=O)c(OC)c1. The Morgan fingerprint density at radius 3 is 2.48 bits per heavy atom. The van der Waals surface area contributed by atoms with E-state index in [1.807, 2.05) is 12.1 Å². The topological polar surface area (TPSA) is 38.8 Å². The zero-order valence-electron chi connectivity index (χ0n) is 13.5.